The van der Waals surface area contributed by atoms with Crippen LogP contribution in [0.5, 0.6) is 0 Å². The molecule has 1 aliphatic heterocycles. The molecule has 0 aromatic heterocycles. The number of halogens is 1. The van der Waals surface area contributed by atoms with Crippen molar-refractivity contribution in [1.82, 2.24) is 9.70 Å². The van der Waals surface area contributed by atoms with E-state index in [4.69, 9.17) is 17.0 Å². The predicted octanol–water partition coefficient (Wildman–Crippen LogP) is 1.09. The van der Waals surface area contributed by atoms with Gasteiger partial charge in [-0.15, -0.1) is 0 Å². The zero-order valence-electron chi connectivity index (χ0n) is 4.03. The Bertz CT molecular complexity index is 118. The quantitative estimate of drug-likeness (QED) is 0.500. The van der Waals surface area contributed by atoms with Gasteiger partial charge in [-0.25, -0.2) is 0 Å². The van der Waals surface area contributed by atoms with Crippen LogP contribution < -0.4 is 0 Å². The normalized spacial score (nSPS) is 17.8. The van der Waals surface area contributed by atoms with Gasteiger partial charge in [-0.3, -0.25) is 5.21 Å². The Morgan fingerprint density at radius 3 is 2.25 bits per heavy atom. The molecule has 0 aliphatic carbocycles. The highest BCUT2D eigenvalue weighted by molar-refractivity contribution is 6.13. The van der Waals surface area contributed by atoms with Gasteiger partial charge in [-0.2, -0.15) is 9.70 Å². The molecular formula is C4H5ClN2O. The first kappa shape index (κ1) is 5.47. The number of hydrazine groups is 1. The Kier molecular flexibility index (Phi) is 1.41. The molecule has 0 spiro atoms. The van der Waals surface area contributed by atoms with E-state index in [2.05, 4.69) is 0 Å². The molecule has 0 bridgehead atoms. The van der Waals surface area contributed by atoms with Crippen LogP contribution in [0.4, 0.5) is 0 Å². The molecule has 0 amide bonds. The fourth-order valence-electron chi connectivity index (χ4n) is 0.379. The first-order valence-electron chi connectivity index (χ1n) is 2.09. The highest BCUT2D eigenvalue weighted by atomic mass is 35.5. The van der Waals surface area contributed by atoms with Gasteiger partial charge in [0.1, 0.15) is 0 Å². The first-order valence-corrected chi connectivity index (χ1v) is 2.42. The Hall–Kier alpha value is -0.670. The van der Waals surface area contributed by atoms with Crippen molar-refractivity contribution in [2.24, 2.45) is 0 Å². The van der Waals surface area contributed by atoms with E-state index in [0.29, 0.717) is 0 Å². The number of hydroxylamine groups is 1. The molecule has 1 rings (SSSR count). The second-order valence-corrected chi connectivity index (χ2v) is 1.64. The van der Waals surface area contributed by atoms with E-state index in [1.165, 1.54) is 12.4 Å². The van der Waals surface area contributed by atoms with E-state index < -0.39 is 0 Å². The lowest BCUT2D eigenvalue weighted by molar-refractivity contribution is -0.140. The topological polar surface area (TPSA) is 26.7 Å². The van der Waals surface area contributed by atoms with Crippen LogP contribution in [0.1, 0.15) is 0 Å². The Balaban J connectivity index is 2.59. The SMILES string of the molecule is ON1C=CC=CN1Cl. The standard InChI is InChI=1S/C4H5ClN2O/c5-6-3-1-2-4-7(6)8/h1-4,8H. The molecule has 1 aliphatic rings. The Labute approximate surface area is 52.1 Å². The van der Waals surface area contributed by atoms with Gasteiger partial charge in [-0.1, -0.05) is 0 Å². The van der Waals surface area contributed by atoms with E-state index in [-0.39, 0.29) is 0 Å². The molecule has 0 aromatic rings. The summed E-state index contributed by atoms with van der Waals surface area (Å²) in [5, 5.41) is 9.43. The lowest BCUT2D eigenvalue weighted by Crippen LogP contribution is -2.24. The number of hydrogen-bond donors (Lipinski definition) is 1. The van der Waals surface area contributed by atoms with Crippen molar-refractivity contribution in [3.05, 3.63) is 24.6 Å². The van der Waals surface area contributed by atoms with Crippen LogP contribution >= 0.6 is 11.8 Å². The summed E-state index contributed by atoms with van der Waals surface area (Å²) >= 11 is 5.34. The van der Waals surface area contributed by atoms with Crippen molar-refractivity contribution in [2.75, 3.05) is 0 Å². The minimum absolute atomic E-state index is 0.765. The zero-order valence-corrected chi connectivity index (χ0v) is 4.78. The van der Waals surface area contributed by atoms with E-state index in [1.54, 1.807) is 12.2 Å². The Morgan fingerprint density at radius 1 is 1.25 bits per heavy atom. The predicted molar refractivity (Wildman–Crippen MR) is 29.6 cm³/mol. The highest BCUT2D eigenvalue weighted by Gasteiger charge is 2.00. The summed E-state index contributed by atoms with van der Waals surface area (Å²) in [6.45, 7) is 0. The molecule has 0 fully saturated rings. The van der Waals surface area contributed by atoms with Gasteiger partial charge in [0.15, 0.2) is 0 Å². The third kappa shape index (κ3) is 0.936. The molecule has 0 atom stereocenters. The molecule has 0 radical (unpaired) electrons. The van der Waals surface area contributed by atoms with Crippen LogP contribution in [0.2, 0.25) is 0 Å². The summed E-state index contributed by atoms with van der Waals surface area (Å²) in [6, 6.07) is 0. The van der Waals surface area contributed by atoms with Gasteiger partial charge in [0, 0.05) is 18.0 Å². The van der Waals surface area contributed by atoms with Gasteiger partial charge >= 0.3 is 0 Å². The number of hydrogen-bond acceptors (Lipinski definition) is 3. The molecule has 0 aromatic carbocycles. The summed E-state index contributed by atoms with van der Waals surface area (Å²) < 4.78 is 1.03. The average molecular weight is 133 g/mol. The molecule has 8 heavy (non-hydrogen) atoms. The minimum Gasteiger partial charge on any atom is -0.268 e. The van der Waals surface area contributed by atoms with Crippen molar-refractivity contribution >= 4 is 11.8 Å². The summed E-state index contributed by atoms with van der Waals surface area (Å²) in [4.78, 5) is 0. The van der Waals surface area contributed by atoms with Crippen molar-refractivity contribution in [2.45, 2.75) is 0 Å². The summed E-state index contributed by atoms with van der Waals surface area (Å²) in [5.74, 6) is 0. The third-order valence-corrected chi connectivity index (χ3v) is 1.00. The Morgan fingerprint density at radius 2 is 1.88 bits per heavy atom. The lowest BCUT2D eigenvalue weighted by Gasteiger charge is -2.20. The smallest absolute Gasteiger partial charge is 0.0532 e. The van der Waals surface area contributed by atoms with Crippen LogP contribution in [0, 0.1) is 0 Å². The maximum absolute atomic E-state index is 8.67. The molecule has 44 valence electrons. The van der Waals surface area contributed by atoms with Crippen LogP contribution in [0.25, 0.3) is 0 Å². The van der Waals surface area contributed by atoms with Crippen molar-refractivity contribution in [3.8, 4) is 0 Å². The molecule has 0 saturated heterocycles. The van der Waals surface area contributed by atoms with E-state index in [0.717, 1.165) is 9.70 Å². The van der Waals surface area contributed by atoms with Crippen molar-refractivity contribution in [3.63, 3.8) is 0 Å². The van der Waals surface area contributed by atoms with Gasteiger partial charge < -0.3 is 0 Å². The maximum Gasteiger partial charge on any atom is 0.0532 e. The molecule has 0 saturated carbocycles. The minimum atomic E-state index is 0.765. The van der Waals surface area contributed by atoms with Crippen LogP contribution in [0.15, 0.2) is 24.6 Å². The van der Waals surface area contributed by atoms with Gasteiger partial charge in [0.2, 0.25) is 0 Å². The monoisotopic (exact) mass is 132 g/mol. The van der Waals surface area contributed by atoms with Gasteiger partial charge in [0.25, 0.3) is 0 Å². The molecule has 1 N–H and O–H groups in total. The van der Waals surface area contributed by atoms with Crippen molar-refractivity contribution in [1.29, 1.82) is 0 Å². The molecule has 3 nitrogen and oxygen atoms in total. The molecule has 0 unspecified atom stereocenters. The second kappa shape index (κ2) is 2.07. The van der Waals surface area contributed by atoms with Crippen LogP contribution in [-0.2, 0) is 0 Å². The highest BCUT2D eigenvalue weighted by Crippen LogP contribution is 2.04. The van der Waals surface area contributed by atoms with Crippen molar-refractivity contribution < 1.29 is 5.21 Å². The molecule has 4 heteroatoms. The largest absolute Gasteiger partial charge is 0.268 e. The second-order valence-electron chi connectivity index (χ2n) is 1.29. The van der Waals surface area contributed by atoms with Crippen LogP contribution in [0.3, 0.4) is 0 Å². The number of rotatable bonds is 0. The van der Waals surface area contributed by atoms with E-state index in [9.17, 15) is 0 Å². The lowest BCUT2D eigenvalue weighted by atomic mass is 10.5. The van der Waals surface area contributed by atoms with Crippen LogP contribution in [-0.4, -0.2) is 14.9 Å². The fourth-order valence-corrected chi connectivity index (χ4v) is 0.495. The fraction of sp³-hybridized carbons (Fsp3) is 0. The van der Waals surface area contributed by atoms with E-state index >= 15 is 0 Å². The molecular weight excluding hydrogens is 128 g/mol. The summed E-state index contributed by atoms with van der Waals surface area (Å²) in [7, 11) is 0. The average Bonchev–Trinajstić information content (AvgIpc) is 1.77. The third-order valence-electron chi connectivity index (χ3n) is 0.735. The maximum atomic E-state index is 8.67. The van der Waals surface area contributed by atoms with Gasteiger partial charge in [0.05, 0.1) is 6.20 Å². The van der Waals surface area contributed by atoms with Gasteiger partial charge in [-0.05, 0) is 12.2 Å². The number of allylic oxidation sites excluding steroid dienone is 2. The zero-order chi connectivity index (χ0) is 5.98. The summed E-state index contributed by atoms with van der Waals surface area (Å²) in [6.07, 6.45) is 6.31. The first-order chi connectivity index (χ1) is 3.80. The number of nitrogens with zero attached hydrogens (tertiary/aromatic N) is 2. The van der Waals surface area contributed by atoms with E-state index in [1.807, 2.05) is 0 Å². The summed E-state index contributed by atoms with van der Waals surface area (Å²) in [5.41, 5.74) is 0. The molecule has 1 heterocycles.